The lowest BCUT2D eigenvalue weighted by atomic mass is 10.0. The second-order valence-corrected chi connectivity index (χ2v) is 4.99. The van der Waals surface area contributed by atoms with Crippen LogP contribution in [-0.2, 0) is 6.42 Å². The zero-order valence-corrected chi connectivity index (χ0v) is 11.5. The van der Waals surface area contributed by atoms with Gasteiger partial charge < -0.3 is 10.0 Å². The molecule has 0 spiro atoms. The molecule has 1 fully saturated rings. The molecule has 5 heteroatoms. The molecule has 0 radical (unpaired) electrons. The standard InChI is InChI=1S/C15H19N3O2/c16-8-3-7-14-13(6-4-9-17-14)15(20)18-10-2-1-5-12(18)11-19/h4,6,9,12,19H,1-3,5,7,10-11H2/t12-/m0/s1. The van der Waals surface area contributed by atoms with Crippen molar-refractivity contribution in [2.24, 2.45) is 0 Å². The van der Waals surface area contributed by atoms with Gasteiger partial charge in [0.25, 0.3) is 5.91 Å². The average Bonchev–Trinajstić information content (AvgIpc) is 2.52. The maximum atomic E-state index is 12.6. The number of rotatable bonds is 4. The molecule has 0 saturated carbocycles. The van der Waals surface area contributed by atoms with E-state index in [1.807, 2.05) is 0 Å². The van der Waals surface area contributed by atoms with Crippen molar-refractivity contribution in [3.8, 4) is 6.07 Å². The van der Waals surface area contributed by atoms with E-state index >= 15 is 0 Å². The summed E-state index contributed by atoms with van der Waals surface area (Å²) in [6, 6.07) is 5.47. The van der Waals surface area contributed by atoms with Crippen molar-refractivity contribution in [1.82, 2.24) is 9.88 Å². The molecule has 0 aromatic carbocycles. The SMILES string of the molecule is N#CCCc1ncccc1C(=O)N1CCCC[C@H]1CO. The van der Waals surface area contributed by atoms with Crippen molar-refractivity contribution < 1.29 is 9.90 Å². The van der Waals surface area contributed by atoms with Gasteiger partial charge in [0.15, 0.2) is 0 Å². The van der Waals surface area contributed by atoms with E-state index in [0.717, 1.165) is 19.3 Å². The van der Waals surface area contributed by atoms with E-state index in [1.165, 1.54) is 0 Å². The molecule has 2 rings (SSSR count). The first-order valence-electron chi connectivity index (χ1n) is 7.00. The van der Waals surface area contributed by atoms with Gasteiger partial charge in [0.05, 0.1) is 30.0 Å². The van der Waals surface area contributed by atoms with Crippen LogP contribution < -0.4 is 0 Å². The summed E-state index contributed by atoms with van der Waals surface area (Å²) in [7, 11) is 0. The van der Waals surface area contributed by atoms with Crippen LogP contribution in [0.25, 0.3) is 0 Å². The molecular weight excluding hydrogens is 254 g/mol. The Balaban J connectivity index is 2.21. The lowest BCUT2D eigenvalue weighted by Crippen LogP contribution is -2.46. The Morgan fingerprint density at radius 2 is 2.40 bits per heavy atom. The van der Waals surface area contributed by atoms with Gasteiger partial charge in [-0.3, -0.25) is 9.78 Å². The molecule has 1 aliphatic heterocycles. The van der Waals surface area contributed by atoms with Crippen molar-refractivity contribution in [2.75, 3.05) is 13.2 Å². The predicted octanol–water partition coefficient (Wildman–Crippen LogP) is 1.52. The molecule has 1 aromatic rings. The molecule has 5 nitrogen and oxygen atoms in total. The van der Waals surface area contributed by atoms with Crippen molar-refractivity contribution in [1.29, 1.82) is 5.26 Å². The Morgan fingerprint density at radius 1 is 1.55 bits per heavy atom. The summed E-state index contributed by atoms with van der Waals surface area (Å²) in [5.74, 6) is -0.0789. The molecule has 0 bridgehead atoms. The van der Waals surface area contributed by atoms with Crippen LogP contribution in [0, 0.1) is 11.3 Å². The van der Waals surface area contributed by atoms with Gasteiger partial charge in [0, 0.05) is 25.6 Å². The fourth-order valence-electron chi connectivity index (χ4n) is 2.62. The third kappa shape index (κ3) is 3.14. The minimum atomic E-state index is -0.0970. The topological polar surface area (TPSA) is 77.2 Å². The number of aryl methyl sites for hydroxylation is 1. The molecule has 2 heterocycles. The largest absolute Gasteiger partial charge is 0.394 e. The maximum Gasteiger partial charge on any atom is 0.256 e. The molecule has 1 amide bonds. The van der Waals surface area contributed by atoms with E-state index in [2.05, 4.69) is 11.1 Å². The van der Waals surface area contributed by atoms with Crippen molar-refractivity contribution in [3.63, 3.8) is 0 Å². The van der Waals surface area contributed by atoms with Gasteiger partial charge >= 0.3 is 0 Å². The summed E-state index contributed by atoms with van der Waals surface area (Å²) in [4.78, 5) is 18.6. The Morgan fingerprint density at radius 3 is 3.15 bits per heavy atom. The van der Waals surface area contributed by atoms with Gasteiger partial charge in [-0.15, -0.1) is 0 Å². The second kappa shape index (κ2) is 7.01. The van der Waals surface area contributed by atoms with Gasteiger partial charge in [-0.1, -0.05) is 0 Å². The molecule has 1 N–H and O–H groups in total. The van der Waals surface area contributed by atoms with E-state index in [9.17, 15) is 9.90 Å². The number of hydrogen-bond donors (Lipinski definition) is 1. The second-order valence-electron chi connectivity index (χ2n) is 4.99. The molecule has 1 aromatic heterocycles. The van der Waals surface area contributed by atoms with Crippen molar-refractivity contribution in [2.45, 2.75) is 38.1 Å². The Labute approximate surface area is 118 Å². The number of aromatic nitrogens is 1. The number of carbonyl (C=O) groups excluding carboxylic acids is 1. The summed E-state index contributed by atoms with van der Waals surface area (Å²) >= 11 is 0. The highest BCUT2D eigenvalue weighted by molar-refractivity contribution is 5.95. The number of hydrogen-bond acceptors (Lipinski definition) is 4. The minimum Gasteiger partial charge on any atom is -0.394 e. The Bertz CT molecular complexity index is 510. The smallest absolute Gasteiger partial charge is 0.256 e. The van der Waals surface area contributed by atoms with Crippen LogP contribution in [0.2, 0.25) is 0 Å². The number of nitrogens with zero attached hydrogens (tertiary/aromatic N) is 3. The minimum absolute atomic E-state index is 0.000465. The number of aliphatic hydroxyl groups is 1. The lowest BCUT2D eigenvalue weighted by molar-refractivity contribution is 0.0501. The van der Waals surface area contributed by atoms with Gasteiger partial charge in [-0.05, 0) is 31.4 Å². The summed E-state index contributed by atoms with van der Waals surface area (Å²) < 4.78 is 0. The molecule has 0 aliphatic carbocycles. The van der Waals surface area contributed by atoms with Gasteiger partial charge in [0.2, 0.25) is 0 Å². The number of nitriles is 1. The molecule has 106 valence electrons. The number of likely N-dealkylation sites (tertiary alicyclic amines) is 1. The van der Waals surface area contributed by atoms with E-state index in [0.29, 0.717) is 30.6 Å². The number of pyridine rings is 1. The highest BCUT2D eigenvalue weighted by Gasteiger charge is 2.28. The number of carbonyl (C=O) groups is 1. The molecular formula is C15H19N3O2. The molecule has 1 atom stereocenters. The quantitative estimate of drug-likeness (QED) is 0.902. The molecule has 1 saturated heterocycles. The van der Waals surface area contributed by atoms with Gasteiger partial charge in [-0.2, -0.15) is 5.26 Å². The third-order valence-electron chi connectivity index (χ3n) is 3.69. The van der Waals surface area contributed by atoms with Crippen LogP contribution in [0.5, 0.6) is 0 Å². The number of piperidine rings is 1. The average molecular weight is 273 g/mol. The first-order valence-corrected chi connectivity index (χ1v) is 7.00. The fourth-order valence-corrected chi connectivity index (χ4v) is 2.62. The lowest BCUT2D eigenvalue weighted by Gasteiger charge is -2.35. The van der Waals surface area contributed by atoms with Gasteiger partial charge in [-0.25, -0.2) is 0 Å². The van der Waals surface area contributed by atoms with Crippen LogP contribution in [0.1, 0.15) is 41.7 Å². The van der Waals surface area contributed by atoms with E-state index < -0.39 is 0 Å². The maximum absolute atomic E-state index is 12.6. The summed E-state index contributed by atoms with van der Waals surface area (Å²) in [5.41, 5.74) is 1.23. The monoisotopic (exact) mass is 273 g/mol. The summed E-state index contributed by atoms with van der Waals surface area (Å²) in [5, 5.41) is 18.1. The van der Waals surface area contributed by atoms with Crippen LogP contribution in [-0.4, -0.2) is 40.1 Å². The summed E-state index contributed by atoms with van der Waals surface area (Å²) in [6.07, 6.45) is 5.33. The first kappa shape index (κ1) is 14.5. The van der Waals surface area contributed by atoms with Gasteiger partial charge in [0.1, 0.15) is 0 Å². The van der Waals surface area contributed by atoms with E-state index in [4.69, 9.17) is 5.26 Å². The van der Waals surface area contributed by atoms with Crippen LogP contribution in [0.15, 0.2) is 18.3 Å². The zero-order chi connectivity index (χ0) is 14.4. The summed E-state index contributed by atoms with van der Waals surface area (Å²) in [6.45, 7) is 0.677. The Hall–Kier alpha value is -1.93. The molecule has 1 aliphatic rings. The van der Waals surface area contributed by atoms with Crippen molar-refractivity contribution in [3.05, 3.63) is 29.6 Å². The van der Waals surface area contributed by atoms with Crippen molar-refractivity contribution >= 4 is 5.91 Å². The number of amides is 1. The predicted molar refractivity (Wildman–Crippen MR) is 73.9 cm³/mol. The van der Waals surface area contributed by atoms with E-state index in [-0.39, 0.29) is 18.6 Å². The highest BCUT2D eigenvalue weighted by atomic mass is 16.3. The number of aliphatic hydroxyl groups excluding tert-OH is 1. The normalized spacial score (nSPS) is 18.6. The third-order valence-corrected chi connectivity index (χ3v) is 3.69. The van der Waals surface area contributed by atoms with Crippen LogP contribution in [0.4, 0.5) is 0 Å². The first-order chi connectivity index (χ1) is 9.77. The Kier molecular flexibility index (Phi) is 5.08. The molecule has 20 heavy (non-hydrogen) atoms. The van der Waals surface area contributed by atoms with Crippen LogP contribution >= 0.6 is 0 Å². The van der Waals surface area contributed by atoms with Crippen LogP contribution in [0.3, 0.4) is 0 Å². The molecule has 0 unspecified atom stereocenters. The van der Waals surface area contributed by atoms with E-state index in [1.54, 1.807) is 23.2 Å². The highest BCUT2D eigenvalue weighted by Crippen LogP contribution is 2.20. The fraction of sp³-hybridized carbons (Fsp3) is 0.533. The zero-order valence-electron chi connectivity index (χ0n) is 11.5.